The summed E-state index contributed by atoms with van der Waals surface area (Å²) in [5, 5.41) is 4.25. The summed E-state index contributed by atoms with van der Waals surface area (Å²) < 4.78 is 0. The maximum atomic E-state index is 6.45. The van der Waals surface area contributed by atoms with Gasteiger partial charge in [-0.3, -0.25) is 0 Å². The third kappa shape index (κ3) is 4.68. The number of hydrogen-bond donors (Lipinski definition) is 1. The van der Waals surface area contributed by atoms with E-state index in [-0.39, 0.29) is 0 Å². The largest absolute Gasteiger partial charge is 0.372 e. The van der Waals surface area contributed by atoms with E-state index in [2.05, 4.69) is 70.1 Å². The number of hydrogen-bond acceptors (Lipinski definition) is 2. The average Bonchev–Trinajstić information content (AvgIpc) is 2.37. The van der Waals surface area contributed by atoms with Crippen molar-refractivity contribution in [3.63, 3.8) is 0 Å². The minimum atomic E-state index is 0.292. The molecule has 3 heteroatoms. The van der Waals surface area contributed by atoms with Gasteiger partial charge in [0.25, 0.3) is 0 Å². The van der Waals surface area contributed by atoms with Crippen molar-refractivity contribution in [1.82, 2.24) is 5.32 Å². The van der Waals surface area contributed by atoms with Gasteiger partial charge in [0.15, 0.2) is 0 Å². The van der Waals surface area contributed by atoms with Crippen LogP contribution in [0.1, 0.15) is 52.6 Å². The molecule has 2 nitrogen and oxygen atoms in total. The number of rotatable bonds is 7. The molecule has 0 heterocycles. The third-order valence-corrected chi connectivity index (χ3v) is 4.17. The molecule has 0 amide bonds. The van der Waals surface area contributed by atoms with Crippen molar-refractivity contribution in [2.75, 3.05) is 18.5 Å². The molecule has 2 unspecified atom stereocenters. The van der Waals surface area contributed by atoms with Crippen LogP contribution in [0.4, 0.5) is 5.69 Å². The zero-order chi connectivity index (χ0) is 15.3. The molecule has 1 rings (SSSR count). The first kappa shape index (κ1) is 17.3. The molecule has 0 aliphatic carbocycles. The summed E-state index contributed by atoms with van der Waals surface area (Å²) in [7, 11) is 2.14. The van der Waals surface area contributed by atoms with E-state index >= 15 is 0 Å². The predicted molar refractivity (Wildman–Crippen MR) is 90.9 cm³/mol. The number of benzene rings is 1. The first-order valence-electron chi connectivity index (χ1n) is 7.62. The van der Waals surface area contributed by atoms with Gasteiger partial charge in [0.1, 0.15) is 0 Å². The van der Waals surface area contributed by atoms with E-state index in [0.29, 0.717) is 18.0 Å². The Kier molecular flexibility index (Phi) is 6.84. The van der Waals surface area contributed by atoms with E-state index in [1.165, 1.54) is 17.7 Å². The molecule has 114 valence electrons. The van der Waals surface area contributed by atoms with Crippen molar-refractivity contribution in [2.24, 2.45) is 5.92 Å². The summed E-state index contributed by atoms with van der Waals surface area (Å²) in [6, 6.07) is 7.21. The highest BCUT2D eigenvalue weighted by Gasteiger charge is 2.14. The Bertz CT molecular complexity index is 417. The molecular formula is C17H29ClN2. The van der Waals surface area contributed by atoms with Gasteiger partial charge in [-0.15, -0.1) is 0 Å². The molecule has 0 saturated heterocycles. The summed E-state index contributed by atoms with van der Waals surface area (Å²) in [5.41, 5.74) is 2.36. The van der Waals surface area contributed by atoms with Gasteiger partial charge in [-0.1, -0.05) is 38.4 Å². The van der Waals surface area contributed by atoms with E-state index < -0.39 is 0 Å². The van der Waals surface area contributed by atoms with Crippen LogP contribution in [-0.2, 0) is 0 Å². The van der Waals surface area contributed by atoms with Gasteiger partial charge in [0.2, 0.25) is 0 Å². The Morgan fingerprint density at radius 2 is 1.85 bits per heavy atom. The Morgan fingerprint density at radius 1 is 1.20 bits per heavy atom. The first-order chi connectivity index (χ1) is 9.36. The number of halogens is 1. The van der Waals surface area contributed by atoms with Gasteiger partial charge in [0, 0.05) is 29.8 Å². The molecule has 0 fully saturated rings. The number of nitrogens with zero attached hydrogens (tertiary/aromatic N) is 1. The van der Waals surface area contributed by atoms with Crippen LogP contribution in [0.5, 0.6) is 0 Å². The SMILES string of the molecule is CCNC(C)c1ccc(N(C)C(C)CC(C)C)cc1Cl. The number of nitrogens with one attached hydrogen (secondary N) is 1. The van der Waals surface area contributed by atoms with E-state index in [0.717, 1.165) is 11.6 Å². The summed E-state index contributed by atoms with van der Waals surface area (Å²) in [4.78, 5) is 2.31. The van der Waals surface area contributed by atoms with Gasteiger partial charge < -0.3 is 10.2 Å². The fraction of sp³-hybridized carbons (Fsp3) is 0.647. The second kappa shape index (κ2) is 7.90. The topological polar surface area (TPSA) is 15.3 Å². The zero-order valence-electron chi connectivity index (χ0n) is 13.7. The lowest BCUT2D eigenvalue weighted by Crippen LogP contribution is -2.30. The quantitative estimate of drug-likeness (QED) is 0.771. The van der Waals surface area contributed by atoms with Crippen LogP contribution >= 0.6 is 11.6 Å². The summed E-state index contributed by atoms with van der Waals surface area (Å²) >= 11 is 6.45. The molecule has 1 aromatic rings. The highest BCUT2D eigenvalue weighted by molar-refractivity contribution is 6.31. The Balaban J connectivity index is 2.86. The van der Waals surface area contributed by atoms with E-state index in [1.54, 1.807) is 0 Å². The van der Waals surface area contributed by atoms with Crippen LogP contribution < -0.4 is 10.2 Å². The molecule has 1 N–H and O–H groups in total. The van der Waals surface area contributed by atoms with Gasteiger partial charge in [-0.25, -0.2) is 0 Å². The Morgan fingerprint density at radius 3 is 2.35 bits per heavy atom. The molecule has 0 bridgehead atoms. The van der Waals surface area contributed by atoms with Crippen LogP contribution in [0.15, 0.2) is 18.2 Å². The standard InChI is InChI=1S/C17H29ClN2/c1-7-19-14(5)16-9-8-15(11-17(16)18)20(6)13(4)10-12(2)3/h8-9,11-14,19H,7,10H2,1-6H3. The maximum absolute atomic E-state index is 6.45. The highest BCUT2D eigenvalue weighted by Crippen LogP contribution is 2.29. The van der Waals surface area contributed by atoms with E-state index in [1.807, 2.05) is 0 Å². The lowest BCUT2D eigenvalue weighted by molar-refractivity contribution is 0.504. The Labute approximate surface area is 129 Å². The number of anilines is 1. The summed E-state index contributed by atoms with van der Waals surface area (Å²) in [5.74, 6) is 0.705. The zero-order valence-corrected chi connectivity index (χ0v) is 14.5. The maximum Gasteiger partial charge on any atom is 0.0474 e. The molecular weight excluding hydrogens is 268 g/mol. The third-order valence-electron chi connectivity index (χ3n) is 3.84. The van der Waals surface area contributed by atoms with Crippen molar-refractivity contribution in [1.29, 1.82) is 0 Å². The fourth-order valence-corrected chi connectivity index (χ4v) is 2.94. The van der Waals surface area contributed by atoms with E-state index in [4.69, 9.17) is 11.6 Å². The molecule has 20 heavy (non-hydrogen) atoms. The van der Waals surface area contributed by atoms with Crippen molar-refractivity contribution in [3.05, 3.63) is 28.8 Å². The normalized spacial score (nSPS) is 14.4. The fourth-order valence-electron chi connectivity index (χ4n) is 2.60. The summed E-state index contributed by atoms with van der Waals surface area (Å²) in [6.07, 6.45) is 1.18. The van der Waals surface area contributed by atoms with Crippen LogP contribution in [0.25, 0.3) is 0 Å². The highest BCUT2D eigenvalue weighted by atomic mass is 35.5. The first-order valence-corrected chi connectivity index (χ1v) is 8.00. The minimum absolute atomic E-state index is 0.292. The molecule has 2 atom stereocenters. The van der Waals surface area contributed by atoms with Crippen molar-refractivity contribution >= 4 is 17.3 Å². The lowest BCUT2D eigenvalue weighted by atomic mass is 10.0. The van der Waals surface area contributed by atoms with Gasteiger partial charge in [-0.2, -0.15) is 0 Å². The molecule has 0 aromatic heterocycles. The van der Waals surface area contributed by atoms with Crippen molar-refractivity contribution in [2.45, 2.75) is 53.1 Å². The van der Waals surface area contributed by atoms with Crippen LogP contribution in [0, 0.1) is 5.92 Å². The second-order valence-electron chi connectivity index (χ2n) is 6.07. The van der Waals surface area contributed by atoms with Crippen molar-refractivity contribution in [3.8, 4) is 0 Å². The van der Waals surface area contributed by atoms with Gasteiger partial charge in [-0.05, 0) is 50.4 Å². The average molecular weight is 297 g/mol. The smallest absolute Gasteiger partial charge is 0.0474 e. The van der Waals surface area contributed by atoms with Gasteiger partial charge >= 0.3 is 0 Å². The molecule has 0 spiro atoms. The van der Waals surface area contributed by atoms with Crippen LogP contribution in [0.2, 0.25) is 5.02 Å². The lowest BCUT2D eigenvalue weighted by Gasteiger charge is -2.29. The van der Waals surface area contributed by atoms with Crippen LogP contribution in [0.3, 0.4) is 0 Å². The Hall–Kier alpha value is -0.730. The van der Waals surface area contributed by atoms with E-state index in [9.17, 15) is 0 Å². The summed E-state index contributed by atoms with van der Waals surface area (Å²) in [6.45, 7) is 12.0. The molecule has 0 radical (unpaired) electrons. The molecule has 0 aliphatic rings. The molecule has 0 saturated carbocycles. The molecule has 1 aromatic carbocycles. The van der Waals surface area contributed by atoms with Crippen molar-refractivity contribution < 1.29 is 0 Å². The van der Waals surface area contributed by atoms with Crippen LogP contribution in [-0.4, -0.2) is 19.6 Å². The molecule has 0 aliphatic heterocycles. The second-order valence-corrected chi connectivity index (χ2v) is 6.48. The predicted octanol–water partition coefficient (Wildman–Crippen LogP) is 4.88. The minimum Gasteiger partial charge on any atom is -0.372 e. The monoisotopic (exact) mass is 296 g/mol. The van der Waals surface area contributed by atoms with Gasteiger partial charge in [0.05, 0.1) is 0 Å².